The summed E-state index contributed by atoms with van der Waals surface area (Å²) in [5.41, 5.74) is 3.13. The Hall–Kier alpha value is -1.10. The van der Waals surface area contributed by atoms with E-state index in [0.717, 1.165) is 21.4 Å². The van der Waals surface area contributed by atoms with E-state index in [9.17, 15) is 4.79 Å². The average molecular weight is 284 g/mol. The summed E-state index contributed by atoms with van der Waals surface area (Å²) in [5.74, 6) is 0.180. The van der Waals surface area contributed by atoms with Crippen molar-refractivity contribution in [2.45, 2.75) is 33.6 Å². The molecule has 2 rings (SSSR count). The zero-order valence-corrected chi connectivity index (χ0v) is 11.3. The highest BCUT2D eigenvalue weighted by molar-refractivity contribution is 9.10. The van der Waals surface area contributed by atoms with Crippen molar-refractivity contribution in [2.24, 2.45) is 0 Å². The van der Waals surface area contributed by atoms with Crippen molar-refractivity contribution in [3.63, 3.8) is 0 Å². The first-order valence-electron chi connectivity index (χ1n) is 5.20. The van der Waals surface area contributed by atoms with Gasteiger partial charge in [0.1, 0.15) is 0 Å². The lowest BCUT2D eigenvalue weighted by Crippen LogP contribution is -2.22. The molecular weight excluding hydrogens is 270 g/mol. The zero-order chi connectivity index (χ0) is 12.0. The number of rotatable bonds is 1. The van der Waals surface area contributed by atoms with Gasteiger partial charge in [0.25, 0.3) is 5.56 Å². The van der Waals surface area contributed by atoms with Gasteiger partial charge in [-0.25, -0.2) is 4.98 Å². The maximum atomic E-state index is 12.2. The first-order valence-corrected chi connectivity index (χ1v) is 6.00. The minimum Gasteiger partial charge on any atom is -0.293 e. The molecule has 0 atom stereocenters. The Labute approximate surface area is 102 Å². The topological polar surface area (TPSA) is 50.2 Å². The van der Waals surface area contributed by atoms with Crippen LogP contribution in [0.5, 0.6) is 0 Å². The number of aromatic nitrogens is 3. The Balaban J connectivity index is 2.95. The maximum Gasteiger partial charge on any atom is 0.276 e. The molecule has 5 heteroatoms. The molecule has 0 bridgehead atoms. The van der Waals surface area contributed by atoms with E-state index in [1.54, 1.807) is 0 Å². The van der Waals surface area contributed by atoms with E-state index in [0.29, 0.717) is 5.65 Å². The van der Waals surface area contributed by atoms with Crippen molar-refractivity contribution in [1.29, 1.82) is 0 Å². The Kier molecular flexibility index (Phi) is 2.66. The Morgan fingerprint density at radius 3 is 2.56 bits per heavy atom. The number of nitrogens with one attached hydrogen (secondary N) is 1. The smallest absolute Gasteiger partial charge is 0.276 e. The van der Waals surface area contributed by atoms with E-state index in [2.05, 4.69) is 26.0 Å². The molecule has 0 aliphatic heterocycles. The molecule has 16 heavy (non-hydrogen) atoms. The van der Waals surface area contributed by atoms with E-state index < -0.39 is 0 Å². The Morgan fingerprint density at radius 2 is 2.00 bits per heavy atom. The molecule has 0 saturated carbocycles. The zero-order valence-electron chi connectivity index (χ0n) is 9.76. The molecule has 0 radical (unpaired) electrons. The van der Waals surface area contributed by atoms with Gasteiger partial charge in [-0.2, -0.15) is 4.52 Å². The fourth-order valence-corrected chi connectivity index (χ4v) is 2.30. The van der Waals surface area contributed by atoms with Gasteiger partial charge < -0.3 is 0 Å². The summed E-state index contributed by atoms with van der Waals surface area (Å²) < 4.78 is 2.35. The second kappa shape index (κ2) is 3.73. The normalized spacial score (nSPS) is 11.6. The van der Waals surface area contributed by atoms with Gasteiger partial charge in [0.15, 0.2) is 5.65 Å². The van der Waals surface area contributed by atoms with Crippen LogP contribution in [0.4, 0.5) is 0 Å². The van der Waals surface area contributed by atoms with Gasteiger partial charge in [0.05, 0.1) is 4.47 Å². The minimum atomic E-state index is -0.00806. The molecule has 2 heterocycles. The third-order valence-electron chi connectivity index (χ3n) is 2.69. The summed E-state index contributed by atoms with van der Waals surface area (Å²) in [4.78, 5) is 16.7. The van der Waals surface area contributed by atoms with Crippen LogP contribution < -0.4 is 5.56 Å². The third-order valence-corrected chi connectivity index (χ3v) is 3.64. The number of halogens is 1. The molecule has 0 amide bonds. The number of nitrogens with zero attached hydrogens (tertiary/aromatic N) is 2. The van der Waals surface area contributed by atoms with E-state index in [1.165, 1.54) is 4.52 Å². The first-order chi connectivity index (χ1) is 7.43. The van der Waals surface area contributed by atoms with Crippen molar-refractivity contribution in [1.82, 2.24) is 14.6 Å². The minimum absolute atomic E-state index is 0.00806. The molecule has 4 nitrogen and oxygen atoms in total. The molecule has 0 aliphatic rings. The van der Waals surface area contributed by atoms with Crippen molar-refractivity contribution in [3.05, 3.63) is 31.8 Å². The predicted octanol–water partition coefficient (Wildman–Crippen LogP) is 2.53. The summed E-state index contributed by atoms with van der Waals surface area (Å²) in [6.45, 7) is 7.79. The van der Waals surface area contributed by atoms with Crippen LogP contribution in [0.25, 0.3) is 5.65 Å². The van der Waals surface area contributed by atoms with Crippen LogP contribution in [-0.4, -0.2) is 14.6 Å². The lowest BCUT2D eigenvalue weighted by molar-refractivity contribution is 0.776. The van der Waals surface area contributed by atoms with Gasteiger partial charge >= 0.3 is 0 Å². The highest BCUT2D eigenvalue weighted by atomic mass is 79.9. The number of aryl methyl sites for hydroxylation is 2. The van der Waals surface area contributed by atoms with Gasteiger partial charge in [-0.15, -0.1) is 0 Å². The maximum absolute atomic E-state index is 12.2. The number of H-pyrrole nitrogens is 1. The molecule has 0 aromatic carbocycles. The van der Waals surface area contributed by atoms with Crippen LogP contribution in [0, 0.1) is 13.8 Å². The van der Waals surface area contributed by atoms with E-state index >= 15 is 0 Å². The number of hydrogen-bond acceptors (Lipinski definition) is 2. The first kappa shape index (κ1) is 11.4. The van der Waals surface area contributed by atoms with E-state index in [4.69, 9.17) is 0 Å². The van der Waals surface area contributed by atoms with Crippen LogP contribution in [0.3, 0.4) is 0 Å². The molecule has 0 unspecified atom stereocenters. The molecule has 0 aliphatic carbocycles. The Morgan fingerprint density at radius 1 is 1.38 bits per heavy atom. The standard InChI is InChI=1S/C11H14BrN3O/c1-5(2)8-6(3)13-10-9(12)7(4)14-15(10)11(8)16/h5,14H,1-4H3. The molecule has 2 aromatic heterocycles. The quantitative estimate of drug-likeness (QED) is 0.874. The van der Waals surface area contributed by atoms with Crippen molar-refractivity contribution in [2.75, 3.05) is 0 Å². The second-order valence-electron chi connectivity index (χ2n) is 4.28. The third kappa shape index (κ3) is 1.50. The molecule has 0 fully saturated rings. The Bertz CT molecular complexity index is 610. The highest BCUT2D eigenvalue weighted by Gasteiger charge is 2.16. The molecule has 0 saturated heterocycles. The predicted molar refractivity (Wildman–Crippen MR) is 67.1 cm³/mol. The monoisotopic (exact) mass is 283 g/mol. The number of aromatic amines is 1. The van der Waals surface area contributed by atoms with E-state index in [-0.39, 0.29) is 11.5 Å². The van der Waals surface area contributed by atoms with Crippen LogP contribution in [0.15, 0.2) is 9.27 Å². The number of fused-ring (bicyclic) bond motifs is 1. The van der Waals surface area contributed by atoms with Crippen LogP contribution in [0.1, 0.15) is 36.7 Å². The lowest BCUT2D eigenvalue weighted by atomic mass is 10.0. The van der Waals surface area contributed by atoms with Crippen molar-refractivity contribution in [3.8, 4) is 0 Å². The summed E-state index contributed by atoms with van der Waals surface area (Å²) in [6, 6.07) is 0. The number of hydrogen-bond donors (Lipinski definition) is 1. The van der Waals surface area contributed by atoms with Gasteiger partial charge in [-0.05, 0) is 35.7 Å². The summed E-state index contributed by atoms with van der Waals surface area (Å²) >= 11 is 3.43. The van der Waals surface area contributed by atoms with Gasteiger partial charge in [0.2, 0.25) is 0 Å². The molecular formula is C11H14BrN3O. The summed E-state index contributed by atoms with van der Waals surface area (Å²) in [6.07, 6.45) is 0. The molecule has 86 valence electrons. The van der Waals surface area contributed by atoms with Gasteiger partial charge in [0, 0.05) is 17.0 Å². The summed E-state index contributed by atoms with van der Waals surface area (Å²) in [5, 5.41) is 3.01. The SMILES string of the molecule is Cc1nc2c(Br)c(C)[nH]n2c(=O)c1C(C)C. The highest BCUT2D eigenvalue weighted by Crippen LogP contribution is 2.21. The molecule has 2 aromatic rings. The van der Waals surface area contributed by atoms with E-state index in [1.807, 2.05) is 27.7 Å². The molecule has 1 N–H and O–H groups in total. The van der Waals surface area contributed by atoms with Gasteiger partial charge in [-0.1, -0.05) is 13.8 Å². The fourth-order valence-electron chi connectivity index (χ4n) is 1.94. The second-order valence-corrected chi connectivity index (χ2v) is 5.07. The van der Waals surface area contributed by atoms with Crippen molar-refractivity contribution >= 4 is 21.6 Å². The largest absolute Gasteiger partial charge is 0.293 e. The van der Waals surface area contributed by atoms with Crippen molar-refractivity contribution < 1.29 is 0 Å². The van der Waals surface area contributed by atoms with Gasteiger partial charge in [-0.3, -0.25) is 9.89 Å². The van der Waals surface area contributed by atoms with Crippen LogP contribution >= 0.6 is 15.9 Å². The molecule has 0 spiro atoms. The fraction of sp³-hybridized carbons (Fsp3) is 0.455. The van der Waals surface area contributed by atoms with Crippen LogP contribution in [-0.2, 0) is 0 Å². The lowest BCUT2D eigenvalue weighted by Gasteiger charge is -2.07. The summed E-state index contributed by atoms with van der Waals surface area (Å²) in [7, 11) is 0. The average Bonchev–Trinajstić information content (AvgIpc) is 2.45. The van der Waals surface area contributed by atoms with Crippen LogP contribution in [0.2, 0.25) is 0 Å².